The molecule has 5 nitrogen and oxygen atoms in total. The zero-order valence-corrected chi connectivity index (χ0v) is 12.8. The molecule has 1 aromatic rings. The SMILES string of the molecule is CC(C)COc1cc(NC(C)C)nc(C2CCCO2)n1. The van der Waals surface area contributed by atoms with Gasteiger partial charge >= 0.3 is 0 Å². The predicted molar refractivity (Wildman–Crippen MR) is 79.1 cm³/mol. The summed E-state index contributed by atoms with van der Waals surface area (Å²) in [7, 11) is 0. The molecule has 1 aliphatic heterocycles. The Morgan fingerprint density at radius 1 is 1.35 bits per heavy atom. The zero-order valence-electron chi connectivity index (χ0n) is 12.8. The van der Waals surface area contributed by atoms with Crippen molar-refractivity contribution in [1.82, 2.24) is 9.97 Å². The van der Waals surface area contributed by atoms with Gasteiger partial charge in [0.15, 0.2) is 5.82 Å². The Morgan fingerprint density at radius 3 is 2.75 bits per heavy atom. The smallest absolute Gasteiger partial charge is 0.218 e. The van der Waals surface area contributed by atoms with Gasteiger partial charge in [0, 0.05) is 18.7 Å². The first-order chi connectivity index (χ1) is 9.54. The summed E-state index contributed by atoms with van der Waals surface area (Å²) in [6.07, 6.45) is 2.05. The van der Waals surface area contributed by atoms with Gasteiger partial charge in [-0.15, -0.1) is 0 Å². The number of hydrogen-bond donors (Lipinski definition) is 1. The van der Waals surface area contributed by atoms with Gasteiger partial charge in [0.05, 0.1) is 6.61 Å². The lowest BCUT2D eigenvalue weighted by Gasteiger charge is -2.15. The Balaban J connectivity index is 2.18. The van der Waals surface area contributed by atoms with Crippen LogP contribution in [0.3, 0.4) is 0 Å². The van der Waals surface area contributed by atoms with Crippen LogP contribution in [0.25, 0.3) is 0 Å². The molecule has 1 aromatic heterocycles. The minimum Gasteiger partial charge on any atom is -0.477 e. The summed E-state index contributed by atoms with van der Waals surface area (Å²) in [5.74, 6) is 2.63. The van der Waals surface area contributed by atoms with Gasteiger partial charge in [-0.2, -0.15) is 4.98 Å². The number of nitrogens with one attached hydrogen (secondary N) is 1. The van der Waals surface area contributed by atoms with E-state index in [1.165, 1.54) is 0 Å². The van der Waals surface area contributed by atoms with Crippen LogP contribution >= 0.6 is 0 Å². The molecule has 0 aromatic carbocycles. The van der Waals surface area contributed by atoms with Crippen LogP contribution in [0.2, 0.25) is 0 Å². The van der Waals surface area contributed by atoms with E-state index in [1.807, 2.05) is 6.07 Å². The second-order valence-corrected chi connectivity index (χ2v) is 5.96. The molecule has 1 saturated heterocycles. The Morgan fingerprint density at radius 2 is 2.15 bits per heavy atom. The van der Waals surface area contributed by atoms with Crippen molar-refractivity contribution in [1.29, 1.82) is 0 Å². The maximum absolute atomic E-state index is 5.74. The molecule has 1 unspecified atom stereocenters. The molecule has 0 saturated carbocycles. The molecule has 1 N–H and O–H groups in total. The lowest BCUT2D eigenvalue weighted by molar-refractivity contribution is 0.104. The summed E-state index contributed by atoms with van der Waals surface area (Å²) >= 11 is 0. The van der Waals surface area contributed by atoms with E-state index in [0.29, 0.717) is 24.4 Å². The van der Waals surface area contributed by atoms with Gasteiger partial charge in [-0.1, -0.05) is 13.8 Å². The molecule has 2 heterocycles. The van der Waals surface area contributed by atoms with Crippen LogP contribution in [-0.2, 0) is 4.74 Å². The summed E-state index contributed by atoms with van der Waals surface area (Å²) in [5.41, 5.74) is 0. The van der Waals surface area contributed by atoms with E-state index in [-0.39, 0.29) is 6.10 Å². The number of ether oxygens (including phenoxy) is 2. The van der Waals surface area contributed by atoms with Crippen molar-refractivity contribution in [3.05, 3.63) is 11.9 Å². The van der Waals surface area contributed by atoms with E-state index >= 15 is 0 Å². The quantitative estimate of drug-likeness (QED) is 0.866. The van der Waals surface area contributed by atoms with Gasteiger partial charge < -0.3 is 14.8 Å². The fourth-order valence-electron chi connectivity index (χ4n) is 2.06. The predicted octanol–water partition coefficient (Wildman–Crippen LogP) is 3.18. The number of anilines is 1. The molecular weight excluding hydrogens is 254 g/mol. The summed E-state index contributed by atoms with van der Waals surface area (Å²) in [6, 6.07) is 2.18. The van der Waals surface area contributed by atoms with Crippen molar-refractivity contribution in [3.8, 4) is 5.88 Å². The Kier molecular flexibility index (Phi) is 5.17. The highest BCUT2D eigenvalue weighted by molar-refractivity contribution is 5.39. The number of aromatic nitrogens is 2. The van der Waals surface area contributed by atoms with Crippen molar-refractivity contribution in [2.24, 2.45) is 5.92 Å². The van der Waals surface area contributed by atoms with E-state index in [9.17, 15) is 0 Å². The average molecular weight is 279 g/mol. The number of hydrogen-bond acceptors (Lipinski definition) is 5. The topological polar surface area (TPSA) is 56.3 Å². The second-order valence-electron chi connectivity index (χ2n) is 5.96. The Hall–Kier alpha value is -1.36. The van der Waals surface area contributed by atoms with E-state index in [0.717, 1.165) is 31.1 Å². The van der Waals surface area contributed by atoms with Crippen LogP contribution in [-0.4, -0.2) is 29.2 Å². The van der Waals surface area contributed by atoms with Crippen LogP contribution in [0.4, 0.5) is 5.82 Å². The molecule has 1 fully saturated rings. The van der Waals surface area contributed by atoms with Crippen molar-refractivity contribution < 1.29 is 9.47 Å². The highest BCUT2D eigenvalue weighted by Crippen LogP contribution is 2.28. The minimum atomic E-state index is 0.00492. The summed E-state index contributed by atoms with van der Waals surface area (Å²) in [6.45, 7) is 9.86. The molecular formula is C15H25N3O2. The highest BCUT2D eigenvalue weighted by atomic mass is 16.5. The average Bonchev–Trinajstić information content (AvgIpc) is 2.89. The summed E-state index contributed by atoms with van der Waals surface area (Å²) < 4.78 is 11.4. The van der Waals surface area contributed by atoms with Gasteiger partial charge in [0.2, 0.25) is 5.88 Å². The van der Waals surface area contributed by atoms with E-state index in [1.54, 1.807) is 0 Å². The third kappa shape index (κ3) is 4.34. The Bertz CT molecular complexity index is 429. The van der Waals surface area contributed by atoms with Crippen molar-refractivity contribution in [2.45, 2.75) is 52.7 Å². The van der Waals surface area contributed by atoms with E-state index < -0.39 is 0 Å². The third-order valence-electron chi connectivity index (χ3n) is 2.94. The first-order valence-electron chi connectivity index (χ1n) is 7.44. The van der Waals surface area contributed by atoms with Gasteiger partial charge in [-0.05, 0) is 32.6 Å². The van der Waals surface area contributed by atoms with Gasteiger partial charge in [-0.25, -0.2) is 4.98 Å². The molecule has 112 valence electrons. The molecule has 0 spiro atoms. The van der Waals surface area contributed by atoms with Gasteiger partial charge in [0.1, 0.15) is 11.9 Å². The van der Waals surface area contributed by atoms with Gasteiger partial charge in [0.25, 0.3) is 0 Å². The molecule has 1 aliphatic rings. The maximum atomic E-state index is 5.74. The summed E-state index contributed by atoms with van der Waals surface area (Å²) in [5, 5.41) is 3.31. The van der Waals surface area contributed by atoms with Crippen molar-refractivity contribution in [2.75, 3.05) is 18.5 Å². The molecule has 1 atom stereocenters. The minimum absolute atomic E-state index is 0.00492. The van der Waals surface area contributed by atoms with E-state index in [4.69, 9.17) is 9.47 Å². The van der Waals surface area contributed by atoms with Gasteiger partial charge in [-0.3, -0.25) is 0 Å². The van der Waals surface area contributed by atoms with Crippen molar-refractivity contribution >= 4 is 5.82 Å². The normalized spacial score (nSPS) is 18.8. The molecule has 20 heavy (non-hydrogen) atoms. The summed E-state index contributed by atoms with van der Waals surface area (Å²) in [4.78, 5) is 9.05. The molecule has 5 heteroatoms. The number of nitrogens with zero attached hydrogens (tertiary/aromatic N) is 2. The maximum Gasteiger partial charge on any atom is 0.218 e. The fourth-order valence-corrected chi connectivity index (χ4v) is 2.06. The molecule has 0 bridgehead atoms. The van der Waals surface area contributed by atoms with Crippen LogP contribution in [0, 0.1) is 5.92 Å². The van der Waals surface area contributed by atoms with Crippen LogP contribution < -0.4 is 10.1 Å². The molecule has 0 aliphatic carbocycles. The first-order valence-corrected chi connectivity index (χ1v) is 7.44. The second kappa shape index (κ2) is 6.88. The first kappa shape index (κ1) is 15.0. The lowest BCUT2D eigenvalue weighted by Crippen LogP contribution is -2.15. The third-order valence-corrected chi connectivity index (χ3v) is 2.94. The van der Waals surface area contributed by atoms with E-state index in [2.05, 4.69) is 43.0 Å². The molecule has 0 radical (unpaired) electrons. The standard InChI is InChI=1S/C15H25N3O2/c1-10(2)9-20-14-8-13(16-11(3)4)17-15(18-14)12-6-5-7-19-12/h8,10-12H,5-7,9H2,1-4H3,(H,16,17,18). The van der Waals surface area contributed by atoms with Crippen molar-refractivity contribution in [3.63, 3.8) is 0 Å². The molecule has 2 rings (SSSR count). The largest absolute Gasteiger partial charge is 0.477 e. The Labute approximate surface area is 121 Å². The van der Waals surface area contributed by atoms with Crippen LogP contribution in [0.1, 0.15) is 52.5 Å². The fraction of sp³-hybridized carbons (Fsp3) is 0.733. The zero-order chi connectivity index (χ0) is 14.5. The highest BCUT2D eigenvalue weighted by Gasteiger charge is 2.22. The molecule has 0 amide bonds. The lowest BCUT2D eigenvalue weighted by atomic mass is 10.2. The monoisotopic (exact) mass is 279 g/mol. The van der Waals surface area contributed by atoms with Crippen LogP contribution in [0.5, 0.6) is 5.88 Å². The number of rotatable bonds is 6. The van der Waals surface area contributed by atoms with Crippen LogP contribution in [0.15, 0.2) is 6.07 Å².